The molecular weight excluding hydrogens is 320 g/mol. The van der Waals surface area contributed by atoms with Gasteiger partial charge in [0.2, 0.25) is 0 Å². The van der Waals surface area contributed by atoms with Gasteiger partial charge in [0, 0.05) is 13.2 Å². The van der Waals surface area contributed by atoms with E-state index >= 15 is 0 Å². The number of carboxylic acid groups (broad SMARTS) is 2. The summed E-state index contributed by atoms with van der Waals surface area (Å²) in [7, 11) is 0. The summed E-state index contributed by atoms with van der Waals surface area (Å²) < 4.78 is 4.83. The molecule has 0 aromatic rings. The molecule has 0 aromatic carbocycles. The third-order valence-electron chi connectivity index (χ3n) is 1.14. The summed E-state index contributed by atoms with van der Waals surface area (Å²) in [5, 5.41) is 31.6. The van der Waals surface area contributed by atoms with Gasteiger partial charge in [0.1, 0.15) is 0 Å². The van der Waals surface area contributed by atoms with Gasteiger partial charge < -0.3 is 25.2 Å². The summed E-state index contributed by atoms with van der Waals surface area (Å²) >= 11 is 6.83. The number of aliphatic hydroxyl groups excluding tert-OH is 2. The summed E-state index contributed by atoms with van der Waals surface area (Å²) in [5.74, 6) is -1.93. The van der Waals surface area contributed by atoms with Crippen molar-refractivity contribution in [3.05, 3.63) is 12.7 Å². The van der Waals surface area contributed by atoms with Gasteiger partial charge in [-0.2, -0.15) is 25.3 Å². The Hall–Kier alpha value is -0.740. The lowest BCUT2D eigenvalue weighted by atomic mass is 10.4. The van der Waals surface area contributed by atoms with Crippen LogP contribution in [0, 0.1) is 0 Å². The second-order valence-electron chi connectivity index (χ2n) is 2.87. The first-order valence-corrected chi connectivity index (χ1v) is 7.18. The minimum absolute atomic E-state index is 0.0833. The maximum Gasteiger partial charge on any atom is 0.313 e. The molecule has 0 aliphatic heterocycles. The SMILES string of the molecule is C=CC(O)CO.CCOCC.O=C(O)CS.O=C(O)CS. The van der Waals surface area contributed by atoms with E-state index in [0.29, 0.717) is 0 Å². The lowest BCUT2D eigenvalue weighted by Crippen LogP contribution is -2.05. The van der Waals surface area contributed by atoms with E-state index in [1.165, 1.54) is 6.08 Å². The Morgan fingerprint density at radius 1 is 1.14 bits per heavy atom. The lowest BCUT2D eigenvalue weighted by molar-refractivity contribution is -0.134. The monoisotopic (exact) mass is 346 g/mol. The molecule has 0 saturated carbocycles. The fourth-order valence-corrected chi connectivity index (χ4v) is 0.279. The average Bonchev–Trinajstić information content (AvgIpc) is 2.48. The Kier molecular flexibility index (Phi) is 37.3. The van der Waals surface area contributed by atoms with Crippen molar-refractivity contribution in [1.29, 1.82) is 0 Å². The highest BCUT2D eigenvalue weighted by atomic mass is 32.1. The molecule has 7 nitrogen and oxygen atoms in total. The minimum Gasteiger partial charge on any atom is -0.481 e. The zero-order chi connectivity index (χ0) is 17.7. The lowest BCUT2D eigenvalue weighted by Gasteiger charge is -1.93. The number of ether oxygens (including phenoxy) is 1. The Bertz CT molecular complexity index is 222. The largest absolute Gasteiger partial charge is 0.481 e. The molecule has 1 unspecified atom stereocenters. The highest BCUT2D eigenvalue weighted by molar-refractivity contribution is 7.81. The maximum absolute atomic E-state index is 9.29. The van der Waals surface area contributed by atoms with Gasteiger partial charge >= 0.3 is 11.9 Å². The molecule has 0 aliphatic rings. The van der Waals surface area contributed by atoms with Crippen LogP contribution in [0.5, 0.6) is 0 Å². The van der Waals surface area contributed by atoms with E-state index in [-0.39, 0.29) is 18.1 Å². The van der Waals surface area contributed by atoms with Crippen LogP contribution >= 0.6 is 25.3 Å². The number of aliphatic hydroxyl groups is 2. The van der Waals surface area contributed by atoms with Crippen LogP contribution in [0.1, 0.15) is 13.8 Å². The molecule has 0 aromatic heterocycles. The van der Waals surface area contributed by atoms with Crippen LogP contribution in [0.3, 0.4) is 0 Å². The number of rotatable bonds is 6. The van der Waals surface area contributed by atoms with E-state index in [9.17, 15) is 9.59 Å². The van der Waals surface area contributed by atoms with E-state index < -0.39 is 18.0 Å². The summed E-state index contributed by atoms with van der Waals surface area (Å²) in [6.07, 6.45) is 0.532. The summed E-state index contributed by atoms with van der Waals surface area (Å²) in [5.41, 5.74) is 0. The summed E-state index contributed by atoms with van der Waals surface area (Å²) in [6.45, 7) is 8.66. The highest BCUT2D eigenvalue weighted by Crippen LogP contribution is 1.75. The van der Waals surface area contributed by atoms with Crippen LogP contribution in [-0.4, -0.2) is 69.8 Å². The van der Waals surface area contributed by atoms with Crippen molar-refractivity contribution in [1.82, 2.24) is 0 Å². The molecule has 0 bridgehead atoms. The smallest absolute Gasteiger partial charge is 0.313 e. The quantitative estimate of drug-likeness (QED) is 0.307. The van der Waals surface area contributed by atoms with Crippen molar-refractivity contribution in [2.75, 3.05) is 31.3 Å². The molecule has 0 spiro atoms. The van der Waals surface area contributed by atoms with E-state index in [0.717, 1.165) is 13.2 Å². The average molecular weight is 346 g/mol. The predicted octanol–water partition coefficient (Wildman–Crippen LogP) is 0.570. The minimum atomic E-state index is -0.881. The molecule has 21 heavy (non-hydrogen) atoms. The Morgan fingerprint density at radius 2 is 1.43 bits per heavy atom. The van der Waals surface area contributed by atoms with Gasteiger partial charge in [-0.25, -0.2) is 0 Å². The third kappa shape index (κ3) is 66.9. The molecule has 0 radical (unpaired) electrons. The number of thiol groups is 2. The van der Waals surface area contributed by atoms with Crippen molar-refractivity contribution in [3.63, 3.8) is 0 Å². The molecule has 9 heteroatoms. The van der Waals surface area contributed by atoms with Gasteiger partial charge in [0.15, 0.2) is 0 Å². The van der Waals surface area contributed by atoms with E-state index in [1.807, 2.05) is 13.8 Å². The Balaban J connectivity index is -0.0000000921. The van der Waals surface area contributed by atoms with Gasteiger partial charge in [-0.05, 0) is 13.8 Å². The van der Waals surface area contributed by atoms with Crippen LogP contribution in [0.15, 0.2) is 12.7 Å². The zero-order valence-corrected chi connectivity index (χ0v) is 14.1. The first-order chi connectivity index (χ1) is 9.76. The Labute approximate surface area is 136 Å². The van der Waals surface area contributed by atoms with E-state index in [2.05, 4.69) is 31.8 Å². The molecule has 128 valence electrons. The highest BCUT2D eigenvalue weighted by Gasteiger charge is 1.87. The first-order valence-electron chi connectivity index (χ1n) is 5.91. The maximum atomic E-state index is 9.29. The van der Waals surface area contributed by atoms with E-state index in [1.54, 1.807) is 0 Å². The fourth-order valence-electron chi connectivity index (χ4n) is 0.279. The third-order valence-corrected chi connectivity index (χ3v) is 1.68. The number of aliphatic carboxylic acids is 2. The molecule has 0 aliphatic carbocycles. The molecule has 4 N–H and O–H groups in total. The summed E-state index contributed by atoms with van der Waals surface area (Å²) in [4.78, 5) is 18.6. The van der Waals surface area contributed by atoms with Crippen LogP contribution < -0.4 is 0 Å². The van der Waals surface area contributed by atoms with Gasteiger partial charge in [-0.3, -0.25) is 9.59 Å². The number of hydrogen-bond acceptors (Lipinski definition) is 7. The molecule has 1 atom stereocenters. The van der Waals surface area contributed by atoms with Crippen molar-refractivity contribution in [2.24, 2.45) is 0 Å². The van der Waals surface area contributed by atoms with Crippen molar-refractivity contribution in [2.45, 2.75) is 20.0 Å². The van der Waals surface area contributed by atoms with Gasteiger partial charge in [0.25, 0.3) is 0 Å². The van der Waals surface area contributed by atoms with Gasteiger partial charge in [-0.15, -0.1) is 6.58 Å². The number of hydrogen-bond donors (Lipinski definition) is 6. The van der Waals surface area contributed by atoms with Crippen molar-refractivity contribution < 1.29 is 34.8 Å². The number of carbonyl (C=O) groups is 2. The predicted molar refractivity (Wildman–Crippen MR) is 88.4 cm³/mol. The standard InChI is InChI=1S/C4H8O2.C4H10O.2C2H4O2S/c1-2-4(6)3-5;1-3-5-4-2;2*3-2(4)1-5/h2,4-6H,1,3H2;3-4H2,1-2H3;2*5H,1H2,(H,3,4). The van der Waals surface area contributed by atoms with Crippen LogP contribution in [0.4, 0.5) is 0 Å². The molecule has 0 heterocycles. The Morgan fingerprint density at radius 3 is 1.43 bits per heavy atom. The second kappa shape index (κ2) is 27.6. The topological polar surface area (TPSA) is 124 Å². The normalized spacial score (nSPS) is 9.43. The first kappa shape index (κ1) is 28.4. The van der Waals surface area contributed by atoms with Crippen molar-refractivity contribution >= 4 is 37.2 Å². The van der Waals surface area contributed by atoms with Gasteiger partial charge in [-0.1, -0.05) is 6.08 Å². The fraction of sp³-hybridized carbons (Fsp3) is 0.667. The van der Waals surface area contributed by atoms with E-state index in [4.69, 9.17) is 25.2 Å². The molecule has 0 amide bonds. The molecule has 0 fully saturated rings. The summed E-state index contributed by atoms with van der Waals surface area (Å²) in [6, 6.07) is 0. The number of carboxylic acids is 2. The van der Waals surface area contributed by atoms with Crippen molar-refractivity contribution in [3.8, 4) is 0 Å². The van der Waals surface area contributed by atoms with Crippen LogP contribution in [0.2, 0.25) is 0 Å². The van der Waals surface area contributed by atoms with Gasteiger partial charge in [0.05, 0.1) is 24.2 Å². The second-order valence-corrected chi connectivity index (χ2v) is 3.50. The van der Waals surface area contributed by atoms with Crippen LogP contribution in [0.25, 0.3) is 0 Å². The zero-order valence-electron chi connectivity index (χ0n) is 12.3. The van der Waals surface area contributed by atoms with Crippen LogP contribution in [-0.2, 0) is 14.3 Å². The molecular formula is C12H26O7S2. The molecule has 0 saturated heterocycles. The molecule has 0 rings (SSSR count).